The van der Waals surface area contributed by atoms with Crippen LogP contribution < -0.4 is 10.6 Å². The van der Waals surface area contributed by atoms with Gasteiger partial charge >= 0.3 is 0 Å². The second kappa shape index (κ2) is 6.48. The van der Waals surface area contributed by atoms with Crippen molar-refractivity contribution >= 4 is 17.2 Å². The molecule has 0 saturated carbocycles. The molecule has 1 saturated heterocycles. The summed E-state index contributed by atoms with van der Waals surface area (Å²) in [5.74, 6) is 0.555. The molecule has 106 valence electrons. The highest BCUT2D eigenvalue weighted by Crippen LogP contribution is 2.20. The number of hydrogen-bond donors (Lipinski definition) is 2. The highest BCUT2D eigenvalue weighted by Gasteiger charge is 2.19. The SMILES string of the molecule is Cc1nc(CC(C)C)c(C(=O)NCC2CCCN2)s1. The number of carbonyl (C=O) groups is 1. The first kappa shape index (κ1) is 14.5. The van der Waals surface area contributed by atoms with Gasteiger partial charge < -0.3 is 10.6 Å². The summed E-state index contributed by atoms with van der Waals surface area (Å²) >= 11 is 1.50. The average Bonchev–Trinajstić information content (AvgIpc) is 2.95. The number of nitrogens with one attached hydrogen (secondary N) is 2. The number of amides is 1. The van der Waals surface area contributed by atoms with Crippen molar-refractivity contribution in [2.45, 2.75) is 46.1 Å². The Morgan fingerprint density at radius 2 is 2.37 bits per heavy atom. The first-order valence-corrected chi connectivity index (χ1v) is 7.85. The molecule has 4 nitrogen and oxygen atoms in total. The molecule has 1 aliphatic heterocycles. The maximum atomic E-state index is 12.2. The van der Waals surface area contributed by atoms with E-state index in [0.29, 0.717) is 12.0 Å². The Morgan fingerprint density at radius 3 is 3.00 bits per heavy atom. The molecule has 0 aliphatic carbocycles. The molecular formula is C14H23N3OS. The lowest BCUT2D eigenvalue weighted by atomic mass is 10.1. The average molecular weight is 281 g/mol. The predicted octanol–water partition coefficient (Wildman–Crippen LogP) is 2.13. The number of nitrogens with zero attached hydrogens (tertiary/aromatic N) is 1. The highest BCUT2D eigenvalue weighted by molar-refractivity contribution is 7.13. The number of aromatic nitrogens is 1. The van der Waals surface area contributed by atoms with Gasteiger partial charge in [0, 0.05) is 12.6 Å². The molecule has 19 heavy (non-hydrogen) atoms. The molecule has 2 heterocycles. The Balaban J connectivity index is 1.97. The van der Waals surface area contributed by atoms with Crippen LogP contribution in [0.5, 0.6) is 0 Å². The molecule has 0 spiro atoms. The highest BCUT2D eigenvalue weighted by atomic mass is 32.1. The van der Waals surface area contributed by atoms with E-state index in [0.717, 1.165) is 41.5 Å². The second-order valence-corrected chi connectivity index (χ2v) is 6.81. The van der Waals surface area contributed by atoms with Gasteiger partial charge in [0.2, 0.25) is 0 Å². The summed E-state index contributed by atoms with van der Waals surface area (Å²) in [4.78, 5) is 17.5. The Morgan fingerprint density at radius 1 is 1.58 bits per heavy atom. The van der Waals surface area contributed by atoms with Gasteiger partial charge in [-0.25, -0.2) is 4.98 Å². The zero-order valence-corrected chi connectivity index (χ0v) is 12.8. The summed E-state index contributed by atoms with van der Waals surface area (Å²) in [6, 6.07) is 0.437. The van der Waals surface area contributed by atoms with Crippen molar-refractivity contribution in [2.24, 2.45) is 5.92 Å². The van der Waals surface area contributed by atoms with Crippen molar-refractivity contribution < 1.29 is 4.79 Å². The van der Waals surface area contributed by atoms with Gasteiger partial charge in [-0.3, -0.25) is 4.79 Å². The van der Waals surface area contributed by atoms with Gasteiger partial charge in [-0.1, -0.05) is 13.8 Å². The first-order valence-electron chi connectivity index (χ1n) is 7.04. The van der Waals surface area contributed by atoms with Crippen LogP contribution >= 0.6 is 11.3 Å². The monoisotopic (exact) mass is 281 g/mol. The van der Waals surface area contributed by atoms with Crippen LogP contribution in [-0.4, -0.2) is 30.0 Å². The van der Waals surface area contributed by atoms with Gasteiger partial charge in [0.25, 0.3) is 5.91 Å². The van der Waals surface area contributed by atoms with Gasteiger partial charge in [0.05, 0.1) is 10.7 Å². The minimum Gasteiger partial charge on any atom is -0.350 e. The van der Waals surface area contributed by atoms with Crippen LogP contribution in [0.15, 0.2) is 0 Å². The summed E-state index contributed by atoms with van der Waals surface area (Å²) < 4.78 is 0. The molecular weight excluding hydrogens is 258 g/mol. The fourth-order valence-corrected chi connectivity index (χ4v) is 3.26. The summed E-state index contributed by atoms with van der Waals surface area (Å²) in [7, 11) is 0. The summed E-state index contributed by atoms with van der Waals surface area (Å²) in [6.07, 6.45) is 3.23. The molecule has 0 aromatic carbocycles. The van der Waals surface area contributed by atoms with Crippen molar-refractivity contribution in [1.29, 1.82) is 0 Å². The maximum absolute atomic E-state index is 12.2. The lowest BCUT2D eigenvalue weighted by Gasteiger charge is -2.11. The molecule has 1 amide bonds. The van der Waals surface area contributed by atoms with Crippen LogP contribution in [0.1, 0.15) is 47.1 Å². The molecule has 2 N–H and O–H groups in total. The van der Waals surface area contributed by atoms with Gasteiger partial charge in [-0.15, -0.1) is 11.3 Å². The quantitative estimate of drug-likeness (QED) is 0.869. The molecule has 1 atom stereocenters. The minimum atomic E-state index is 0.0370. The van der Waals surface area contributed by atoms with Crippen LogP contribution in [0.25, 0.3) is 0 Å². The van der Waals surface area contributed by atoms with Crippen molar-refractivity contribution in [1.82, 2.24) is 15.6 Å². The second-order valence-electron chi connectivity index (χ2n) is 5.61. The molecule has 1 aromatic heterocycles. The number of rotatable bonds is 5. The number of hydrogen-bond acceptors (Lipinski definition) is 4. The largest absolute Gasteiger partial charge is 0.350 e. The summed E-state index contributed by atoms with van der Waals surface area (Å²) in [6.45, 7) is 8.05. The Labute approximate surface area is 119 Å². The first-order chi connectivity index (χ1) is 9.06. The molecule has 1 aromatic rings. The van der Waals surface area contributed by atoms with Crippen LogP contribution in [0.2, 0.25) is 0 Å². The Hall–Kier alpha value is -0.940. The Bertz CT molecular complexity index is 436. The van der Waals surface area contributed by atoms with Crippen molar-refractivity contribution in [3.63, 3.8) is 0 Å². The Kier molecular flexibility index (Phi) is 4.93. The molecule has 0 radical (unpaired) electrons. The van der Waals surface area contributed by atoms with E-state index >= 15 is 0 Å². The predicted molar refractivity (Wildman–Crippen MR) is 78.8 cm³/mol. The van der Waals surface area contributed by atoms with E-state index < -0.39 is 0 Å². The lowest BCUT2D eigenvalue weighted by Crippen LogP contribution is -2.37. The molecule has 5 heteroatoms. The molecule has 1 fully saturated rings. The van der Waals surface area contributed by atoms with Crippen molar-refractivity contribution in [3.05, 3.63) is 15.6 Å². The van der Waals surface area contributed by atoms with E-state index in [4.69, 9.17) is 0 Å². The third-order valence-electron chi connectivity index (χ3n) is 3.28. The number of aryl methyl sites for hydroxylation is 1. The minimum absolute atomic E-state index is 0.0370. The number of carbonyl (C=O) groups excluding carboxylic acids is 1. The molecule has 2 rings (SSSR count). The zero-order chi connectivity index (χ0) is 13.8. The summed E-state index contributed by atoms with van der Waals surface area (Å²) in [5, 5.41) is 7.40. The van der Waals surface area contributed by atoms with E-state index in [2.05, 4.69) is 29.5 Å². The van der Waals surface area contributed by atoms with E-state index in [1.807, 2.05) is 6.92 Å². The number of thiazole rings is 1. The zero-order valence-electron chi connectivity index (χ0n) is 12.0. The normalized spacial score (nSPS) is 19.1. The van der Waals surface area contributed by atoms with Gasteiger partial charge in [0.15, 0.2) is 0 Å². The fourth-order valence-electron chi connectivity index (χ4n) is 2.40. The van der Waals surface area contributed by atoms with Crippen LogP contribution in [0.4, 0.5) is 0 Å². The molecule has 1 aliphatic rings. The third-order valence-corrected chi connectivity index (χ3v) is 4.30. The maximum Gasteiger partial charge on any atom is 0.263 e. The lowest BCUT2D eigenvalue weighted by molar-refractivity contribution is 0.0953. The van der Waals surface area contributed by atoms with Crippen molar-refractivity contribution in [2.75, 3.05) is 13.1 Å². The fraction of sp³-hybridized carbons (Fsp3) is 0.714. The van der Waals surface area contributed by atoms with Crippen LogP contribution in [-0.2, 0) is 6.42 Å². The standard InChI is InChI=1S/C14H23N3OS/c1-9(2)7-12-13(19-10(3)17-12)14(18)16-8-11-5-4-6-15-11/h9,11,15H,4-8H2,1-3H3,(H,16,18). The van der Waals surface area contributed by atoms with Crippen molar-refractivity contribution in [3.8, 4) is 0 Å². The summed E-state index contributed by atoms with van der Waals surface area (Å²) in [5.41, 5.74) is 0.953. The van der Waals surface area contributed by atoms with E-state index in [-0.39, 0.29) is 5.91 Å². The topological polar surface area (TPSA) is 54.0 Å². The van der Waals surface area contributed by atoms with E-state index in [9.17, 15) is 4.79 Å². The van der Waals surface area contributed by atoms with Crippen LogP contribution in [0, 0.1) is 12.8 Å². The molecule has 1 unspecified atom stereocenters. The van der Waals surface area contributed by atoms with Gasteiger partial charge in [-0.05, 0) is 38.6 Å². The third kappa shape index (κ3) is 4.01. The van der Waals surface area contributed by atoms with Gasteiger partial charge in [0.1, 0.15) is 4.88 Å². The van der Waals surface area contributed by atoms with Gasteiger partial charge in [-0.2, -0.15) is 0 Å². The smallest absolute Gasteiger partial charge is 0.263 e. The van der Waals surface area contributed by atoms with E-state index in [1.54, 1.807) is 0 Å². The van der Waals surface area contributed by atoms with E-state index in [1.165, 1.54) is 17.8 Å². The molecule has 0 bridgehead atoms. The van der Waals surface area contributed by atoms with Crippen LogP contribution in [0.3, 0.4) is 0 Å².